The van der Waals surface area contributed by atoms with E-state index in [-0.39, 0.29) is 5.56 Å². The summed E-state index contributed by atoms with van der Waals surface area (Å²) < 4.78 is 15.8. The molecule has 2 aromatic carbocycles. The highest BCUT2D eigenvalue weighted by Crippen LogP contribution is 2.27. The molecule has 19 heavy (non-hydrogen) atoms. The number of anilines is 1. The third kappa shape index (κ3) is 3.64. The van der Waals surface area contributed by atoms with Crippen molar-refractivity contribution in [3.63, 3.8) is 0 Å². The summed E-state index contributed by atoms with van der Waals surface area (Å²) in [6, 6.07) is 9.54. The maximum atomic E-state index is 13.6. The standard InChI is InChI=1S/C13H7Br3FNO/c14-7-1-3-11(17)9(5-7)13(19)18-12-4-2-8(15)6-10(12)16/h1-6H,(H,18,19). The number of carbonyl (C=O) groups is 1. The summed E-state index contributed by atoms with van der Waals surface area (Å²) >= 11 is 9.86. The van der Waals surface area contributed by atoms with E-state index in [9.17, 15) is 9.18 Å². The average Bonchev–Trinajstić information content (AvgIpc) is 2.35. The van der Waals surface area contributed by atoms with Gasteiger partial charge in [-0.2, -0.15) is 0 Å². The summed E-state index contributed by atoms with van der Waals surface area (Å²) in [6.07, 6.45) is 0. The van der Waals surface area contributed by atoms with Crippen LogP contribution in [0.1, 0.15) is 10.4 Å². The fourth-order valence-corrected chi connectivity index (χ4v) is 2.96. The van der Waals surface area contributed by atoms with Crippen LogP contribution in [0.2, 0.25) is 0 Å². The summed E-state index contributed by atoms with van der Waals surface area (Å²) in [5.41, 5.74) is 0.566. The van der Waals surface area contributed by atoms with Crippen LogP contribution in [0.25, 0.3) is 0 Å². The van der Waals surface area contributed by atoms with E-state index in [2.05, 4.69) is 53.1 Å². The van der Waals surface area contributed by atoms with Crippen molar-refractivity contribution in [3.8, 4) is 0 Å². The van der Waals surface area contributed by atoms with Crippen molar-refractivity contribution in [2.24, 2.45) is 0 Å². The van der Waals surface area contributed by atoms with Crippen molar-refractivity contribution in [2.75, 3.05) is 5.32 Å². The molecule has 0 saturated heterocycles. The van der Waals surface area contributed by atoms with Gasteiger partial charge in [-0.05, 0) is 52.3 Å². The molecule has 0 fully saturated rings. The lowest BCUT2D eigenvalue weighted by Gasteiger charge is -2.08. The first-order chi connectivity index (χ1) is 8.97. The molecule has 0 heterocycles. The highest BCUT2D eigenvalue weighted by atomic mass is 79.9. The number of halogens is 4. The summed E-state index contributed by atoms with van der Waals surface area (Å²) in [4.78, 5) is 12.0. The van der Waals surface area contributed by atoms with Gasteiger partial charge >= 0.3 is 0 Å². The van der Waals surface area contributed by atoms with Gasteiger partial charge in [-0.3, -0.25) is 4.79 Å². The number of benzene rings is 2. The Morgan fingerprint density at radius 3 is 2.32 bits per heavy atom. The molecule has 2 aromatic rings. The predicted octanol–water partition coefficient (Wildman–Crippen LogP) is 5.37. The molecule has 0 radical (unpaired) electrons. The fraction of sp³-hybridized carbons (Fsp3) is 0. The van der Waals surface area contributed by atoms with Crippen LogP contribution in [0.15, 0.2) is 49.8 Å². The first-order valence-corrected chi connectivity index (χ1v) is 7.57. The summed E-state index contributed by atoms with van der Waals surface area (Å²) in [5, 5.41) is 2.65. The predicted molar refractivity (Wildman–Crippen MR) is 83.9 cm³/mol. The van der Waals surface area contributed by atoms with Gasteiger partial charge < -0.3 is 5.32 Å². The van der Waals surface area contributed by atoms with Crippen LogP contribution >= 0.6 is 47.8 Å². The van der Waals surface area contributed by atoms with Gasteiger partial charge in [-0.15, -0.1) is 0 Å². The van der Waals surface area contributed by atoms with Crippen molar-refractivity contribution in [1.82, 2.24) is 0 Å². The van der Waals surface area contributed by atoms with Crippen molar-refractivity contribution in [3.05, 3.63) is 61.2 Å². The molecule has 0 spiro atoms. The molecule has 0 aliphatic heterocycles. The van der Waals surface area contributed by atoms with Crippen molar-refractivity contribution in [1.29, 1.82) is 0 Å². The van der Waals surface area contributed by atoms with Gasteiger partial charge in [0.25, 0.3) is 5.91 Å². The zero-order valence-electron chi connectivity index (χ0n) is 9.38. The summed E-state index contributed by atoms with van der Waals surface area (Å²) in [7, 11) is 0. The van der Waals surface area contributed by atoms with E-state index >= 15 is 0 Å². The zero-order chi connectivity index (χ0) is 14.0. The second kappa shape index (κ2) is 6.15. The Hall–Kier alpha value is -0.720. The lowest BCUT2D eigenvalue weighted by Crippen LogP contribution is -2.14. The molecular formula is C13H7Br3FNO. The second-order valence-corrected chi connectivity index (χ2v) is 6.39. The Morgan fingerprint density at radius 1 is 1.00 bits per heavy atom. The Balaban J connectivity index is 2.28. The first-order valence-electron chi connectivity index (χ1n) is 5.19. The lowest BCUT2D eigenvalue weighted by molar-refractivity contribution is 0.102. The number of carbonyl (C=O) groups excluding carboxylic acids is 1. The van der Waals surface area contributed by atoms with Crippen LogP contribution in [-0.4, -0.2) is 5.91 Å². The summed E-state index contributed by atoms with van der Waals surface area (Å²) in [6.45, 7) is 0. The van der Waals surface area contributed by atoms with Gasteiger partial charge in [0.05, 0.1) is 11.3 Å². The van der Waals surface area contributed by atoms with E-state index in [1.54, 1.807) is 24.3 Å². The molecule has 2 rings (SSSR count). The normalized spacial score (nSPS) is 10.3. The minimum Gasteiger partial charge on any atom is -0.321 e. The van der Waals surface area contributed by atoms with Crippen LogP contribution in [0, 0.1) is 5.82 Å². The van der Waals surface area contributed by atoms with Crippen molar-refractivity contribution >= 4 is 59.4 Å². The SMILES string of the molecule is O=C(Nc1ccc(Br)cc1Br)c1cc(Br)ccc1F. The molecule has 0 aliphatic rings. The fourth-order valence-electron chi connectivity index (χ4n) is 1.45. The van der Waals surface area contributed by atoms with E-state index in [0.29, 0.717) is 14.6 Å². The molecule has 0 aliphatic carbocycles. The lowest BCUT2D eigenvalue weighted by atomic mass is 10.2. The number of nitrogens with one attached hydrogen (secondary N) is 1. The number of hydrogen-bond acceptors (Lipinski definition) is 1. The maximum Gasteiger partial charge on any atom is 0.258 e. The van der Waals surface area contributed by atoms with Crippen LogP contribution in [0.4, 0.5) is 10.1 Å². The third-order valence-corrected chi connectivity index (χ3v) is 3.99. The van der Waals surface area contributed by atoms with Gasteiger partial charge in [0.15, 0.2) is 0 Å². The van der Waals surface area contributed by atoms with Gasteiger partial charge in [0.1, 0.15) is 5.82 Å². The molecule has 0 saturated carbocycles. The van der Waals surface area contributed by atoms with Gasteiger partial charge in [-0.25, -0.2) is 4.39 Å². The van der Waals surface area contributed by atoms with E-state index in [0.717, 1.165) is 4.47 Å². The van der Waals surface area contributed by atoms with Crippen LogP contribution in [-0.2, 0) is 0 Å². The molecule has 98 valence electrons. The Bertz CT molecular complexity index is 646. The molecule has 0 aromatic heterocycles. The molecule has 1 amide bonds. The topological polar surface area (TPSA) is 29.1 Å². The Morgan fingerprint density at radius 2 is 1.63 bits per heavy atom. The average molecular weight is 452 g/mol. The molecule has 0 atom stereocenters. The van der Waals surface area contributed by atoms with E-state index in [1.807, 2.05) is 0 Å². The maximum absolute atomic E-state index is 13.6. The van der Waals surface area contributed by atoms with Gasteiger partial charge in [-0.1, -0.05) is 31.9 Å². The zero-order valence-corrected chi connectivity index (χ0v) is 14.1. The minimum absolute atomic E-state index is 0.0100. The Labute approximate surface area is 134 Å². The number of hydrogen-bond donors (Lipinski definition) is 1. The van der Waals surface area contributed by atoms with Gasteiger partial charge in [0, 0.05) is 13.4 Å². The highest BCUT2D eigenvalue weighted by Gasteiger charge is 2.13. The molecule has 2 nitrogen and oxygen atoms in total. The first kappa shape index (κ1) is 14.7. The van der Waals surface area contributed by atoms with E-state index < -0.39 is 11.7 Å². The molecule has 1 N–H and O–H groups in total. The van der Waals surface area contributed by atoms with E-state index in [1.165, 1.54) is 12.1 Å². The van der Waals surface area contributed by atoms with Crippen LogP contribution in [0.5, 0.6) is 0 Å². The number of rotatable bonds is 2. The van der Waals surface area contributed by atoms with Crippen LogP contribution < -0.4 is 5.32 Å². The smallest absolute Gasteiger partial charge is 0.258 e. The van der Waals surface area contributed by atoms with Crippen molar-refractivity contribution < 1.29 is 9.18 Å². The van der Waals surface area contributed by atoms with E-state index in [4.69, 9.17) is 0 Å². The van der Waals surface area contributed by atoms with Crippen molar-refractivity contribution in [2.45, 2.75) is 0 Å². The molecular weight excluding hydrogens is 445 g/mol. The van der Waals surface area contributed by atoms with Crippen LogP contribution in [0.3, 0.4) is 0 Å². The largest absolute Gasteiger partial charge is 0.321 e. The highest BCUT2D eigenvalue weighted by molar-refractivity contribution is 9.11. The third-order valence-electron chi connectivity index (χ3n) is 2.35. The number of amides is 1. The quantitative estimate of drug-likeness (QED) is 0.653. The van der Waals surface area contributed by atoms with Gasteiger partial charge in [0.2, 0.25) is 0 Å². The molecule has 6 heteroatoms. The molecule has 0 bridgehead atoms. The molecule has 0 unspecified atom stereocenters. The monoisotopic (exact) mass is 449 g/mol. The summed E-state index contributed by atoms with van der Waals surface area (Å²) in [5.74, 6) is -1.06. The minimum atomic E-state index is -0.561. The second-order valence-electron chi connectivity index (χ2n) is 3.70. The Kier molecular flexibility index (Phi) is 4.76.